The van der Waals surface area contributed by atoms with Gasteiger partial charge in [0.1, 0.15) is 5.58 Å². The van der Waals surface area contributed by atoms with Gasteiger partial charge in [-0.05, 0) is 55.2 Å². The SMILES string of the molecule is O=c1c(O)c(-c2ccc(O)c(O)c2)oc2ccc(CCCCCCCCCCCCCO)cc12. The Morgan fingerprint density at radius 1 is 0.676 bits per heavy atom. The molecule has 0 atom stereocenters. The Kier molecular flexibility index (Phi) is 9.83. The van der Waals surface area contributed by atoms with E-state index in [1.807, 2.05) is 6.07 Å². The number of aromatic hydroxyl groups is 3. The van der Waals surface area contributed by atoms with E-state index in [0.29, 0.717) is 23.1 Å². The van der Waals surface area contributed by atoms with Gasteiger partial charge in [-0.25, -0.2) is 0 Å². The molecule has 0 saturated heterocycles. The average molecular weight is 469 g/mol. The molecule has 0 fully saturated rings. The van der Waals surface area contributed by atoms with E-state index < -0.39 is 11.2 Å². The van der Waals surface area contributed by atoms with Gasteiger partial charge < -0.3 is 24.8 Å². The number of aliphatic hydroxyl groups is 1. The van der Waals surface area contributed by atoms with Gasteiger partial charge in [0, 0.05) is 12.2 Å². The number of aryl methyl sites for hydroxylation is 1. The van der Waals surface area contributed by atoms with Gasteiger partial charge in [-0.3, -0.25) is 4.79 Å². The maximum Gasteiger partial charge on any atom is 0.235 e. The Morgan fingerprint density at radius 3 is 1.91 bits per heavy atom. The molecule has 0 bridgehead atoms. The molecule has 4 N–H and O–H groups in total. The van der Waals surface area contributed by atoms with Crippen LogP contribution in [0.3, 0.4) is 0 Å². The number of fused-ring (bicyclic) bond motifs is 1. The van der Waals surface area contributed by atoms with E-state index in [1.165, 1.54) is 63.1 Å². The first-order valence-corrected chi connectivity index (χ1v) is 12.4. The zero-order chi connectivity index (χ0) is 24.3. The van der Waals surface area contributed by atoms with E-state index in [9.17, 15) is 20.1 Å². The van der Waals surface area contributed by atoms with Crippen molar-refractivity contribution in [3.8, 4) is 28.6 Å². The van der Waals surface area contributed by atoms with Crippen molar-refractivity contribution in [2.75, 3.05) is 6.61 Å². The zero-order valence-electron chi connectivity index (χ0n) is 19.8. The van der Waals surface area contributed by atoms with E-state index in [-0.39, 0.29) is 17.3 Å². The molecule has 184 valence electrons. The summed E-state index contributed by atoms with van der Waals surface area (Å²) < 4.78 is 5.77. The molecular formula is C28H36O6. The molecule has 3 aromatic rings. The first-order valence-electron chi connectivity index (χ1n) is 12.4. The summed E-state index contributed by atoms with van der Waals surface area (Å²) in [6, 6.07) is 9.46. The molecule has 0 unspecified atom stereocenters. The monoisotopic (exact) mass is 468 g/mol. The van der Waals surface area contributed by atoms with Crippen LogP contribution in [-0.2, 0) is 6.42 Å². The summed E-state index contributed by atoms with van der Waals surface area (Å²) in [7, 11) is 0. The fraction of sp³-hybridized carbons (Fsp3) is 0.464. The zero-order valence-corrected chi connectivity index (χ0v) is 19.8. The van der Waals surface area contributed by atoms with Crippen molar-refractivity contribution >= 4 is 11.0 Å². The van der Waals surface area contributed by atoms with Crippen LogP contribution in [0.4, 0.5) is 0 Å². The van der Waals surface area contributed by atoms with Gasteiger partial charge >= 0.3 is 0 Å². The van der Waals surface area contributed by atoms with E-state index in [0.717, 1.165) is 37.7 Å². The highest BCUT2D eigenvalue weighted by atomic mass is 16.4. The Balaban J connectivity index is 1.49. The van der Waals surface area contributed by atoms with E-state index in [2.05, 4.69) is 0 Å². The van der Waals surface area contributed by atoms with Crippen LogP contribution >= 0.6 is 0 Å². The molecule has 0 aliphatic rings. The molecule has 1 heterocycles. The molecule has 2 aromatic carbocycles. The Bertz CT molecular complexity index is 1120. The van der Waals surface area contributed by atoms with Gasteiger partial charge in [-0.15, -0.1) is 0 Å². The third-order valence-corrected chi connectivity index (χ3v) is 6.29. The number of rotatable bonds is 14. The van der Waals surface area contributed by atoms with Gasteiger partial charge in [-0.2, -0.15) is 0 Å². The quantitative estimate of drug-likeness (QED) is 0.161. The molecular weight excluding hydrogens is 432 g/mol. The number of aliphatic hydroxyl groups excluding tert-OH is 1. The van der Waals surface area contributed by atoms with Crippen LogP contribution in [0.25, 0.3) is 22.3 Å². The van der Waals surface area contributed by atoms with E-state index >= 15 is 0 Å². The molecule has 6 heteroatoms. The van der Waals surface area contributed by atoms with Crippen molar-refractivity contribution in [2.45, 2.75) is 77.0 Å². The maximum atomic E-state index is 12.8. The fourth-order valence-electron chi connectivity index (χ4n) is 4.28. The summed E-state index contributed by atoms with van der Waals surface area (Å²) in [4.78, 5) is 12.8. The lowest BCUT2D eigenvalue weighted by Crippen LogP contribution is -2.03. The number of unbranched alkanes of at least 4 members (excludes halogenated alkanes) is 10. The molecule has 0 spiro atoms. The van der Waals surface area contributed by atoms with E-state index in [4.69, 9.17) is 9.52 Å². The molecule has 0 saturated carbocycles. The number of hydrogen-bond acceptors (Lipinski definition) is 6. The average Bonchev–Trinajstić information content (AvgIpc) is 2.84. The largest absolute Gasteiger partial charge is 0.504 e. The highest BCUT2D eigenvalue weighted by Gasteiger charge is 2.17. The first kappa shape index (κ1) is 25.6. The summed E-state index contributed by atoms with van der Waals surface area (Å²) >= 11 is 0. The number of phenols is 2. The third-order valence-electron chi connectivity index (χ3n) is 6.29. The molecule has 3 rings (SSSR count). The standard InChI is InChI=1S/C28H36O6/c29-17-11-9-7-5-3-1-2-4-6-8-10-12-20-13-16-25-22(18-20)26(32)27(33)28(34-25)21-14-15-23(30)24(31)19-21/h13-16,18-19,29-31,33H,1-12,17H2. The van der Waals surface area contributed by atoms with Crippen LogP contribution in [0.15, 0.2) is 45.6 Å². The van der Waals surface area contributed by atoms with Crippen LogP contribution in [0.5, 0.6) is 17.2 Å². The van der Waals surface area contributed by atoms with Crippen LogP contribution in [-0.4, -0.2) is 27.0 Å². The lowest BCUT2D eigenvalue weighted by atomic mass is 10.0. The lowest BCUT2D eigenvalue weighted by Gasteiger charge is -2.08. The molecule has 0 aliphatic heterocycles. The van der Waals surface area contributed by atoms with Crippen molar-refractivity contribution in [2.24, 2.45) is 0 Å². The normalized spacial score (nSPS) is 11.3. The van der Waals surface area contributed by atoms with Crippen molar-refractivity contribution in [3.05, 3.63) is 52.2 Å². The molecule has 6 nitrogen and oxygen atoms in total. The highest BCUT2D eigenvalue weighted by molar-refractivity contribution is 5.82. The molecule has 0 aliphatic carbocycles. The Morgan fingerprint density at radius 2 is 1.29 bits per heavy atom. The molecule has 0 amide bonds. The summed E-state index contributed by atoms with van der Waals surface area (Å²) in [5, 5.41) is 38.8. The second-order valence-corrected chi connectivity index (χ2v) is 9.01. The van der Waals surface area contributed by atoms with Crippen LogP contribution in [0.2, 0.25) is 0 Å². The first-order chi connectivity index (χ1) is 16.5. The molecule has 0 radical (unpaired) electrons. The van der Waals surface area contributed by atoms with Crippen LogP contribution in [0.1, 0.15) is 76.2 Å². The van der Waals surface area contributed by atoms with Crippen LogP contribution < -0.4 is 5.43 Å². The highest BCUT2D eigenvalue weighted by Crippen LogP contribution is 2.35. The minimum absolute atomic E-state index is 0.0364. The van der Waals surface area contributed by atoms with Crippen molar-refractivity contribution < 1.29 is 24.8 Å². The van der Waals surface area contributed by atoms with Crippen molar-refractivity contribution in [3.63, 3.8) is 0 Å². The van der Waals surface area contributed by atoms with Gasteiger partial charge in [-0.1, -0.05) is 63.9 Å². The predicted molar refractivity (Wildman–Crippen MR) is 134 cm³/mol. The Hall–Kier alpha value is -2.99. The summed E-state index contributed by atoms with van der Waals surface area (Å²) in [6.07, 6.45) is 13.9. The minimum Gasteiger partial charge on any atom is -0.504 e. The second-order valence-electron chi connectivity index (χ2n) is 9.01. The van der Waals surface area contributed by atoms with Crippen molar-refractivity contribution in [1.82, 2.24) is 0 Å². The Labute approximate surface area is 200 Å². The smallest absolute Gasteiger partial charge is 0.235 e. The fourth-order valence-corrected chi connectivity index (χ4v) is 4.28. The summed E-state index contributed by atoms with van der Waals surface area (Å²) in [5.41, 5.74) is 1.20. The lowest BCUT2D eigenvalue weighted by molar-refractivity contribution is 0.282. The van der Waals surface area contributed by atoms with Gasteiger partial charge in [0.05, 0.1) is 5.39 Å². The number of hydrogen-bond donors (Lipinski definition) is 4. The molecule has 34 heavy (non-hydrogen) atoms. The van der Waals surface area contributed by atoms with Gasteiger partial charge in [0.15, 0.2) is 17.3 Å². The summed E-state index contributed by atoms with van der Waals surface area (Å²) in [5.74, 6) is -1.19. The van der Waals surface area contributed by atoms with Gasteiger partial charge in [0.2, 0.25) is 11.2 Å². The maximum absolute atomic E-state index is 12.8. The minimum atomic E-state index is -0.512. The van der Waals surface area contributed by atoms with Crippen molar-refractivity contribution in [1.29, 1.82) is 0 Å². The van der Waals surface area contributed by atoms with Crippen LogP contribution in [0, 0.1) is 0 Å². The van der Waals surface area contributed by atoms with Gasteiger partial charge in [0.25, 0.3) is 0 Å². The third kappa shape index (κ3) is 7.00. The van der Waals surface area contributed by atoms with E-state index in [1.54, 1.807) is 12.1 Å². The summed E-state index contributed by atoms with van der Waals surface area (Å²) in [6.45, 7) is 0.309. The second kappa shape index (κ2) is 13.0. The predicted octanol–water partition coefficient (Wildman–Crippen LogP) is 6.40. The number of benzene rings is 2. The topological polar surface area (TPSA) is 111 Å². The number of phenolic OH excluding ortho intramolecular Hbond substituents is 2. The molecule has 1 aromatic heterocycles.